The second kappa shape index (κ2) is 7.85. The predicted molar refractivity (Wildman–Crippen MR) is 79.7 cm³/mol. The molecule has 0 spiro atoms. The Morgan fingerprint density at radius 2 is 1.89 bits per heavy atom. The van der Waals surface area contributed by atoms with E-state index in [0.717, 1.165) is 25.4 Å². The van der Waals surface area contributed by atoms with Crippen molar-refractivity contribution in [3.63, 3.8) is 0 Å². The lowest BCUT2D eigenvalue weighted by molar-refractivity contribution is -0.118. The van der Waals surface area contributed by atoms with Crippen LogP contribution in [0.2, 0.25) is 0 Å². The number of nitrogens with two attached hydrogens (primary N) is 2. The van der Waals surface area contributed by atoms with Gasteiger partial charge in [-0.1, -0.05) is 20.3 Å². The average Bonchev–Trinajstić information content (AvgIpc) is 2.43. The lowest BCUT2D eigenvalue weighted by Crippen LogP contribution is -2.56. The first-order chi connectivity index (χ1) is 9.07. The SMILES string of the molecule is CCCN(CCC(N)=O)C1(CN)CCC(CC)CC1. The Bertz CT molecular complexity index is 273. The Morgan fingerprint density at radius 3 is 2.32 bits per heavy atom. The van der Waals surface area contributed by atoms with E-state index < -0.39 is 0 Å². The zero-order valence-corrected chi connectivity index (χ0v) is 12.7. The van der Waals surface area contributed by atoms with Gasteiger partial charge in [-0.25, -0.2) is 0 Å². The molecule has 0 heterocycles. The number of primary amides is 1. The molecule has 4 nitrogen and oxygen atoms in total. The third-order valence-electron chi connectivity index (χ3n) is 4.79. The zero-order chi connectivity index (χ0) is 14.3. The molecular weight excluding hydrogens is 238 g/mol. The summed E-state index contributed by atoms with van der Waals surface area (Å²) in [4.78, 5) is 13.5. The number of nitrogens with zero attached hydrogens (tertiary/aromatic N) is 1. The van der Waals surface area contributed by atoms with Crippen molar-refractivity contribution in [3.05, 3.63) is 0 Å². The van der Waals surface area contributed by atoms with Gasteiger partial charge < -0.3 is 11.5 Å². The van der Waals surface area contributed by atoms with Crippen molar-refractivity contribution in [3.8, 4) is 0 Å². The highest BCUT2D eigenvalue weighted by Crippen LogP contribution is 2.37. The van der Waals surface area contributed by atoms with Gasteiger partial charge in [0.1, 0.15) is 0 Å². The second-order valence-electron chi connectivity index (χ2n) is 5.98. The Morgan fingerprint density at radius 1 is 1.26 bits per heavy atom. The van der Waals surface area contributed by atoms with Crippen LogP contribution in [0.1, 0.15) is 58.8 Å². The van der Waals surface area contributed by atoms with Crippen molar-refractivity contribution >= 4 is 5.91 Å². The largest absolute Gasteiger partial charge is 0.370 e. The summed E-state index contributed by atoms with van der Waals surface area (Å²) < 4.78 is 0. The minimum absolute atomic E-state index is 0.108. The second-order valence-corrected chi connectivity index (χ2v) is 5.98. The summed E-state index contributed by atoms with van der Waals surface area (Å²) >= 11 is 0. The van der Waals surface area contributed by atoms with Crippen LogP contribution in [-0.4, -0.2) is 36.0 Å². The van der Waals surface area contributed by atoms with Gasteiger partial charge >= 0.3 is 0 Å². The van der Waals surface area contributed by atoms with E-state index in [0.29, 0.717) is 13.0 Å². The molecule has 4 N–H and O–H groups in total. The lowest BCUT2D eigenvalue weighted by atomic mass is 9.74. The Hall–Kier alpha value is -0.610. The van der Waals surface area contributed by atoms with Gasteiger partial charge in [-0.15, -0.1) is 0 Å². The molecule has 4 heteroatoms. The molecule has 0 unspecified atom stereocenters. The van der Waals surface area contributed by atoms with E-state index in [1.807, 2.05) is 0 Å². The van der Waals surface area contributed by atoms with E-state index in [-0.39, 0.29) is 11.4 Å². The first-order valence-electron chi connectivity index (χ1n) is 7.81. The maximum atomic E-state index is 11.0. The summed E-state index contributed by atoms with van der Waals surface area (Å²) in [6, 6.07) is 0. The molecule has 1 saturated carbocycles. The van der Waals surface area contributed by atoms with Crippen molar-refractivity contribution in [2.24, 2.45) is 17.4 Å². The average molecular weight is 269 g/mol. The van der Waals surface area contributed by atoms with Crippen LogP contribution >= 0.6 is 0 Å². The van der Waals surface area contributed by atoms with E-state index in [2.05, 4.69) is 18.7 Å². The van der Waals surface area contributed by atoms with Crippen molar-refractivity contribution in [2.75, 3.05) is 19.6 Å². The van der Waals surface area contributed by atoms with Crippen LogP contribution in [0.5, 0.6) is 0 Å². The molecular formula is C15H31N3O. The fourth-order valence-electron chi connectivity index (χ4n) is 3.37. The standard InChI is InChI=1S/C15H31N3O/c1-3-10-18(11-7-14(17)19)15(12-16)8-5-13(4-2)6-9-15/h13H,3-12,16H2,1-2H3,(H2,17,19). The molecule has 1 amide bonds. The van der Waals surface area contributed by atoms with Crippen LogP contribution in [0.4, 0.5) is 0 Å². The number of carbonyl (C=O) groups is 1. The van der Waals surface area contributed by atoms with Crippen LogP contribution in [0.25, 0.3) is 0 Å². The summed E-state index contributed by atoms with van der Waals surface area (Å²) in [7, 11) is 0. The predicted octanol–water partition coefficient (Wildman–Crippen LogP) is 1.87. The van der Waals surface area contributed by atoms with Crippen LogP contribution in [-0.2, 0) is 4.79 Å². The molecule has 112 valence electrons. The summed E-state index contributed by atoms with van der Waals surface area (Å²) in [6.45, 7) is 6.93. The Labute approximate surface area is 117 Å². The first-order valence-corrected chi connectivity index (χ1v) is 7.81. The van der Waals surface area contributed by atoms with Gasteiger partial charge in [0.05, 0.1) is 0 Å². The number of rotatable bonds is 8. The highest BCUT2D eigenvalue weighted by atomic mass is 16.1. The molecule has 0 aromatic heterocycles. The van der Waals surface area contributed by atoms with E-state index in [9.17, 15) is 4.79 Å². The molecule has 0 atom stereocenters. The van der Waals surface area contributed by atoms with E-state index in [4.69, 9.17) is 11.5 Å². The quantitative estimate of drug-likeness (QED) is 0.706. The molecule has 1 fully saturated rings. The lowest BCUT2D eigenvalue weighted by Gasteiger charge is -2.47. The van der Waals surface area contributed by atoms with E-state index in [1.54, 1.807) is 0 Å². The van der Waals surface area contributed by atoms with Gasteiger partial charge in [-0.05, 0) is 44.6 Å². The van der Waals surface area contributed by atoms with Crippen LogP contribution < -0.4 is 11.5 Å². The van der Waals surface area contributed by atoms with Crippen molar-refractivity contribution < 1.29 is 4.79 Å². The van der Waals surface area contributed by atoms with Gasteiger partial charge in [0.25, 0.3) is 0 Å². The zero-order valence-electron chi connectivity index (χ0n) is 12.7. The molecule has 0 saturated heterocycles. The molecule has 0 aromatic carbocycles. The minimum atomic E-state index is -0.212. The number of hydrogen-bond donors (Lipinski definition) is 2. The number of hydrogen-bond acceptors (Lipinski definition) is 3. The normalized spacial score (nSPS) is 27.7. The third-order valence-corrected chi connectivity index (χ3v) is 4.79. The molecule has 0 aliphatic heterocycles. The molecule has 1 aliphatic rings. The van der Waals surface area contributed by atoms with Crippen molar-refractivity contribution in [1.82, 2.24) is 4.90 Å². The van der Waals surface area contributed by atoms with Crippen molar-refractivity contribution in [2.45, 2.75) is 64.3 Å². The van der Waals surface area contributed by atoms with Gasteiger partial charge in [0.15, 0.2) is 0 Å². The summed E-state index contributed by atoms with van der Waals surface area (Å²) in [6.07, 6.45) is 7.68. The number of amides is 1. The summed E-state index contributed by atoms with van der Waals surface area (Å²) in [5.41, 5.74) is 11.5. The van der Waals surface area contributed by atoms with Crippen LogP contribution in [0, 0.1) is 5.92 Å². The summed E-state index contributed by atoms with van der Waals surface area (Å²) in [5, 5.41) is 0. The number of carbonyl (C=O) groups excluding carboxylic acids is 1. The molecule has 1 aliphatic carbocycles. The van der Waals surface area contributed by atoms with Crippen molar-refractivity contribution in [1.29, 1.82) is 0 Å². The fourth-order valence-corrected chi connectivity index (χ4v) is 3.37. The van der Waals surface area contributed by atoms with Gasteiger partial charge in [0, 0.05) is 25.0 Å². The van der Waals surface area contributed by atoms with Gasteiger partial charge in [0.2, 0.25) is 5.91 Å². The molecule has 1 rings (SSSR count). The Balaban J connectivity index is 2.69. The van der Waals surface area contributed by atoms with E-state index in [1.165, 1.54) is 32.1 Å². The molecule has 0 bridgehead atoms. The summed E-state index contributed by atoms with van der Waals surface area (Å²) in [5.74, 6) is 0.648. The first kappa shape index (κ1) is 16.4. The fraction of sp³-hybridized carbons (Fsp3) is 0.933. The maximum Gasteiger partial charge on any atom is 0.218 e. The minimum Gasteiger partial charge on any atom is -0.370 e. The van der Waals surface area contributed by atoms with E-state index >= 15 is 0 Å². The third kappa shape index (κ3) is 4.46. The molecule has 0 radical (unpaired) electrons. The highest BCUT2D eigenvalue weighted by molar-refractivity contribution is 5.73. The molecule has 0 aromatic rings. The van der Waals surface area contributed by atoms with Crippen LogP contribution in [0.15, 0.2) is 0 Å². The van der Waals surface area contributed by atoms with Gasteiger partial charge in [-0.3, -0.25) is 9.69 Å². The monoisotopic (exact) mass is 269 g/mol. The van der Waals surface area contributed by atoms with Crippen LogP contribution in [0.3, 0.4) is 0 Å². The maximum absolute atomic E-state index is 11.0. The highest BCUT2D eigenvalue weighted by Gasteiger charge is 2.38. The molecule has 19 heavy (non-hydrogen) atoms. The van der Waals surface area contributed by atoms with Gasteiger partial charge in [-0.2, -0.15) is 0 Å². The smallest absolute Gasteiger partial charge is 0.218 e. The Kier molecular flexibility index (Phi) is 6.80. The topological polar surface area (TPSA) is 72.3 Å².